The Balaban J connectivity index is 2.71. The summed E-state index contributed by atoms with van der Waals surface area (Å²) >= 11 is 0. The van der Waals surface area contributed by atoms with Gasteiger partial charge in [0.05, 0.1) is 0 Å². The first kappa shape index (κ1) is 18.7. The van der Waals surface area contributed by atoms with E-state index in [2.05, 4.69) is 50.0 Å². The summed E-state index contributed by atoms with van der Waals surface area (Å²) in [6.45, 7) is 14.3. The quantitative estimate of drug-likeness (QED) is 0.691. The van der Waals surface area contributed by atoms with Gasteiger partial charge in [0.2, 0.25) is 0 Å². The number of rotatable bonds is 6. The smallest absolute Gasteiger partial charge is 0.403 e. The van der Waals surface area contributed by atoms with Crippen LogP contribution in [-0.4, -0.2) is 49.1 Å². The fraction of sp³-hybridized carbons (Fsp3) is 1.00. The van der Waals surface area contributed by atoms with Crippen LogP contribution in [0.4, 0.5) is 0 Å². The van der Waals surface area contributed by atoms with Crippen molar-refractivity contribution >= 4 is 36.0 Å². The summed E-state index contributed by atoms with van der Waals surface area (Å²) in [5, 5.41) is 0. The molecular weight excluding hydrogens is 324 g/mol. The van der Waals surface area contributed by atoms with Gasteiger partial charge in [0.25, 0.3) is 0 Å². The molecule has 0 aliphatic carbocycles. The van der Waals surface area contributed by atoms with E-state index in [1.807, 2.05) is 0 Å². The minimum Gasteiger partial charge on any atom is -0.406 e. The van der Waals surface area contributed by atoms with Gasteiger partial charge in [-0.2, -0.15) is 0 Å². The van der Waals surface area contributed by atoms with Crippen molar-refractivity contribution in [2.45, 2.75) is 52.9 Å². The van der Waals surface area contributed by atoms with E-state index in [1.54, 1.807) is 0 Å². The Morgan fingerprint density at radius 3 is 1.30 bits per heavy atom. The fourth-order valence-electron chi connectivity index (χ4n) is 2.24. The summed E-state index contributed by atoms with van der Waals surface area (Å²) in [7, 11) is -8.21. The molecule has 0 amide bonds. The number of hydrogen-bond donors (Lipinski definition) is 2. The standard InChI is InChI=1S/C10H30N2O4Si4/c1-7-9-11-19(5)13-17(3)15-20(6,12-10-8-2)16-18(4)14-19/h11-12,17-18H,7-10H2,1-6H3. The molecule has 0 aromatic heterocycles. The highest BCUT2D eigenvalue weighted by molar-refractivity contribution is 6.83. The van der Waals surface area contributed by atoms with Crippen molar-refractivity contribution in [3.63, 3.8) is 0 Å². The van der Waals surface area contributed by atoms with Gasteiger partial charge in [0.1, 0.15) is 0 Å². The van der Waals surface area contributed by atoms with Gasteiger partial charge in [-0.05, 0) is 52.1 Å². The Hall–Kier alpha value is 0.628. The highest BCUT2D eigenvalue weighted by Crippen LogP contribution is 2.18. The van der Waals surface area contributed by atoms with Gasteiger partial charge >= 0.3 is 36.0 Å². The molecule has 1 aliphatic rings. The molecule has 20 heavy (non-hydrogen) atoms. The van der Waals surface area contributed by atoms with E-state index < -0.39 is 36.0 Å². The van der Waals surface area contributed by atoms with Crippen LogP contribution in [0.1, 0.15) is 26.7 Å². The molecule has 1 saturated heterocycles. The number of nitrogens with one attached hydrogen (secondary N) is 2. The van der Waals surface area contributed by atoms with Gasteiger partial charge in [-0.15, -0.1) is 0 Å². The third-order valence-electron chi connectivity index (χ3n) is 2.96. The topological polar surface area (TPSA) is 61.0 Å². The molecule has 1 fully saturated rings. The van der Waals surface area contributed by atoms with Gasteiger partial charge in [-0.1, -0.05) is 13.8 Å². The second-order valence-electron chi connectivity index (χ2n) is 5.35. The van der Waals surface area contributed by atoms with E-state index >= 15 is 0 Å². The molecule has 1 aliphatic heterocycles. The normalized spacial score (nSPS) is 39.3. The largest absolute Gasteiger partial charge is 0.406 e. The third kappa shape index (κ3) is 6.17. The molecule has 6 nitrogen and oxygen atoms in total. The summed E-state index contributed by atoms with van der Waals surface area (Å²) in [4.78, 5) is 6.89. The van der Waals surface area contributed by atoms with Crippen LogP contribution in [0.25, 0.3) is 0 Å². The Morgan fingerprint density at radius 1 is 0.750 bits per heavy atom. The molecule has 1 rings (SSSR count). The SMILES string of the molecule is CCCN[Si]1(C)O[SiH](C)O[Si](C)(NCCC)O[SiH](C)O1. The van der Waals surface area contributed by atoms with Crippen molar-refractivity contribution in [2.24, 2.45) is 0 Å². The molecule has 0 saturated carbocycles. The lowest BCUT2D eigenvalue weighted by atomic mass is 10.5. The monoisotopic (exact) mass is 354 g/mol. The van der Waals surface area contributed by atoms with Crippen molar-refractivity contribution < 1.29 is 16.5 Å². The van der Waals surface area contributed by atoms with E-state index in [9.17, 15) is 0 Å². The molecule has 0 spiro atoms. The zero-order chi connectivity index (χ0) is 15.2. The molecule has 0 atom stereocenters. The van der Waals surface area contributed by atoms with Gasteiger partial charge in [-0.3, -0.25) is 9.96 Å². The Morgan fingerprint density at radius 2 is 1.05 bits per heavy atom. The van der Waals surface area contributed by atoms with Crippen LogP contribution in [0.2, 0.25) is 26.2 Å². The molecule has 1 heterocycles. The maximum Gasteiger partial charge on any atom is 0.403 e. The highest BCUT2D eigenvalue weighted by Gasteiger charge is 2.45. The van der Waals surface area contributed by atoms with Crippen LogP contribution in [0.3, 0.4) is 0 Å². The molecule has 0 aromatic carbocycles. The Kier molecular flexibility index (Phi) is 7.76. The van der Waals surface area contributed by atoms with Crippen LogP contribution in [0.15, 0.2) is 0 Å². The van der Waals surface area contributed by atoms with Crippen LogP contribution in [-0.2, 0) is 16.5 Å². The first-order chi connectivity index (χ1) is 9.32. The summed E-state index contributed by atoms with van der Waals surface area (Å²) in [6.07, 6.45) is 2.13. The van der Waals surface area contributed by atoms with Gasteiger partial charge in [0.15, 0.2) is 0 Å². The number of hydrogen-bond acceptors (Lipinski definition) is 6. The maximum absolute atomic E-state index is 6.20. The predicted octanol–water partition coefficient (Wildman–Crippen LogP) is 0.904. The molecule has 120 valence electrons. The summed E-state index contributed by atoms with van der Waals surface area (Å²) in [5.41, 5.74) is 0. The van der Waals surface area contributed by atoms with Crippen molar-refractivity contribution in [3.8, 4) is 0 Å². The molecule has 0 aromatic rings. The first-order valence-corrected chi connectivity index (χ1v) is 16.4. The van der Waals surface area contributed by atoms with E-state index in [0.29, 0.717) is 0 Å². The first-order valence-electron chi connectivity index (χ1n) is 7.54. The molecule has 0 unspecified atom stereocenters. The van der Waals surface area contributed by atoms with Crippen LogP contribution in [0.5, 0.6) is 0 Å². The Bertz CT molecular complexity index is 260. The summed E-state index contributed by atoms with van der Waals surface area (Å²) in [6, 6.07) is 0. The zero-order valence-electron chi connectivity index (χ0n) is 13.6. The van der Waals surface area contributed by atoms with E-state index in [-0.39, 0.29) is 0 Å². The van der Waals surface area contributed by atoms with Crippen molar-refractivity contribution in [3.05, 3.63) is 0 Å². The van der Waals surface area contributed by atoms with Crippen LogP contribution in [0, 0.1) is 0 Å². The lowest BCUT2D eigenvalue weighted by Crippen LogP contribution is -2.67. The predicted molar refractivity (Wildman–Crippen MR) is 90.2 cm³/mol. The second-order valence-corrected chi connectivity index (χ2v) is 15.9. The lowest BCUT2D eigenvalue weighted by Gasteiger charge is -2.41. The van der Waals surface area contributed by atoms with Gasteiger partial charge in [0, 0.05) is 0 Å². The summed E-state index contributed by atoms with van der Waals surface area (Å²) < 4.78 is 24.8. The van der Waals surface area contributed by atoms with Crippen molar-refractivity contribution in [1.29, 1.82) is 0 Å². The average molecular weight is 355 g/mol. The molecular formula is C10H30N2O4Si4. The van der Waals surface area contributed by atoms with Crippen LogP contribution >= 0.6 is 0 Å². The van der Waals surface area contributed by atoms with Crippen LogP contribution < -0.4 is 9.96 Å². The molecule has 0 bridgehead atoms. The average Bonchev–Trinajstić information content (AvgIpc) is 2.31. The second kappa shape index (κ2) is 8.31. The Labute approximate surface area is 128 Å². The third-order valence-corrected chi connectivity index (χ3v) is 17.2. The lowest BCUT2D eigenvalue weighted by molar-refractivity contribution is 0.242. The fourth-order valence-corrected chi connectivity index (χ4v) is 17.8. The molecule has 2 N–H and O–H groups in total. The zero-order valence-corrected chi connectivity index (χ0v) is 17.9. The summed E-state index contributed by atoms with van der Waals surface area (Å²) in [5.74, 6) is 0. The van der Waals surface area contributed by atoms with Crippen molar-refractivity contribution in [2.75, 3.05) is 13.1 Å². The van der Waals surface area contributed by atoms with E-state index in [1.165, 1.54) is 0 Å². The van der Waals surface area contributed by atoms with Gasteiger partial charge < -0.3 is 16.5 Å². The maximum atomic E-state index is 6.20. The van der Waals surface area contributed by atoms with Gasteiger partial charge in [-0.25, -0.2) is 0 Å². The van der Waals surface area contributed by atoms with Crippen molar-refractivity contribution in [1.82, 2.24) is 9.96 Å². The minimum atomic E-state index is -2.34. The van der Waals surface area contributed by atoms with E-state index in [4.69, 9.17) is 16.5 Å². The molecule has 10 heteroatoms. The van der Waals surface area contributed by atoms with E-state index in [0.717, 1.165) is 25.9 Å². The minimum absolute atomic E-state index is 0.910. The highest BCUT2D eigenvalue weighted by atomic mass is 28.5. The molecule has 0 radical (unpaired) electrons.